The fraction of sp³-hybridized carbons (Fsp3) is 0.733. The van der Waals surface area contributed by atoms with Crippen LogP contribution < -0.4 is 0 Å². The largest absolute Gasteiger partial charge is 0.393 e. The molecule has 5 heteroatoms. The number of carbonyl (C=O) groups is 1. The number of carbonyl (C=O) groups excluding carboxylic acids is 1. The van der Waals surface area contributed by atoms with Crippen LogP contribution in [0.2, 0.25) is 0 Å². The van der Waals surface area contributed by atoms with Crippen LogP contribution in [0.1, 0.15) is 49.0 Å². The molecule has 1 aromatic rings. The Kier molecular flexibility index (Phi) is 3.78. The summed E-state index contributed by atoms with van der Waals surface area (Å²) in [5, 5.41) is 14.3. The lowest BCUT2D eigenvalue weighted by molar-refractivity contribution is 0.0280. The molecule has 3 rings (SSSR count). The van der Waals surface area contributed by atoms with Crippen LogP contribution in [0, 0.1) is 5.92 Å². The van der Waals surface area contributed by atoms with E-state index in [0.29, 0.717) is 5.69 Å². The first kappa shape index (κ1) is 13.6. The molecular formula is C15H23N3O2. The van der Waals surface area contributed by atoms with Crippen molar-refractivity contribution in [2.75, 3.05) is 6.54 Å². The average molecular weight is 277 g/mol. The molecule has 3 unspecified atom stereocenters. The smallest absolute Gasteiger partial charge is 0.272 e. The molecular weight excluding hydrogens is 254 g/mol. The maximum Gasteiger partial charge on any atom is 0.272 e. The van der Waals surface area contributed by atoms with Crippen molar-refractivity contribution >= 4 is 5.91 Å². The van der Waals surface area contributed by atoms with Crippen molar-refractivity contribution in [1.29, 1.82) is 0 Å². The van der Waals surface area contributed by atoms with Gasteiger partial charge in [0.05, 0.1) is 6.10 Å². The van der Waals surface area contributed by atoms with Gasteiger partial charge in [0.25, 0.3) is 5.91 Å². The van der Waals surface area contributed by atoms with Gasteiger partial charge in [0.15, 0.2) is 0 Å². The summed E-state index contributed by atoms with van der Waals surface area (Å²) in [7, 11) is 1.80. The fourth-order valence-electron chi connectivity index (χ4n) is 3.80. The summed E-state index contributed by atoms with van der Waals surface area (Å²) >= 11 is 0. The summed E-state index contributed by atoms with van der Waals surface area (Å²) in [6.07, 6.45) is 7.67. The van der Waals surface area contributed by atoms with Crippen molar-refractivity contribution in [3.63, 3.8) is 0 Å². The van der Waals surface area contributed by atoms with E-state index in [-0.39, 0.29) is 24.0 Å². The number of piperidine rings is 1. The SMILES string of the molecule is Cn1nccc1C(=O)N1CCCCC1C1CCCC1O. The summed E-state index contributed by atoms with van der Waals surface area (Å²) in [6, 6.07) is 1.97. The molecule has 1 saturated carbocycles. The van der Waals surface area contributed by atoms with Crippen LogP contribution >= 0.6 is 0 Å². The molecule has 110 valence electrons. The Labute approximate surface area is 119 Å². The normalized spacial score (nSPS) is 30.7. The van der Waals surface area contributed by atoms with Gasteiger partial charge in [-0.1, -0.05) is 6.42 Å². The van der Waals surface area contributed by atoms with Gasteiger partial charge in [-0.15, -0.1) is 0 Å². The number of aliphatic hydroxyl groups excluding tert-OH is 1. The van der Waals surface area contributed by atoms with Crippen LogP contribution in [0.5, 0.6) is 0 Å². The van der Waals surface area contributed by atoms with Gasteiger partial charge >= 0.3 is 0 Å². The van der Waals surface area contributed by atoms with Crippen LogP contribution in [-0.2, 0) is 7.05 Å². The second-order valence-electron chi connectivity index (χ2n) is 6.06. The first-order valence-electron chi connectivity index (χ1n) is 7.65. The van der Waals surface area contributed by atoms with Gasteiger partial charge in [0.2, 0.25) is 0 Å². The predicted octanol–water partition coefficient (Wildman–Crippen LogP) is 1.58. The zero-order valence-electron chi connectivity index (χ0n) is 12.0. The van der Waals surface area contributed by atoms with Crippen molar-refractivity contribution in [2.45, 2.75) is 50.7 Å². The second-order valence-corrected chi connectivity index (χ2v) is 6.06. The molecule has 0 aromatic carbocycles. The number of likely N-dealkylation sites (tertiary alicyclic amines) is 1. The molecule has 5 nitrogen and oxygen atoms in total. The molecule has 0 spiro atoms. The molecule has 20 heavy (non-hydrogen) atoms. The summed E-state index contributed by atoms with van der Waals surface area (Å²) in [6.45, 7) is 0.803. The molecule has 1 N–H and O–H groups in total. The first-order chi connectivity index (χ1) is 9.68. The van der Waals surface area contributed by atoms with Crippen molar-refractivity contribution in [2.24, 2.45) is 13.0 Å². The highest BCUT2D eigenvalue weighted by atomic mass is 16.3. The van der Waals surface area contributed by atoms with E-state index in [2.05, 4.69) is 5.10 Å². The highest BCUT2D eigenvalue weighted by Gasteiger charge is 2.39. The molecule has 0 bridgehead atoms. The Balaban J connectivity index is 1.82. The molecule has 2 aliphatic rings. The van der Waals surface area contributed by atoms with Crippen molar-refractivity contribution in [3.8, 4) is 0 Å². The minimum atomic E-state index is -0.236. The Bertz CT molecular complexity index is 485. The van der Waals surface area contributed by atoms with Crippen molar-refractivity contribution in [1.82, 2.24) is 14.7 Å². The third kappa shape index (κ3) is 2.35. The van der Waals surface area contributed by atoms with Crippen LogP contribution in [0.15, 0.2) is 12.3 Å². The molecule has 1 saturated heterocycles. The highest BCUT2D eigenvalue weighted by Crippen LogP contribution is 2.35. The van der Waals surface area contributed by atoms with E-state index in [1.807, 2.05) is 4.90 Å². The van der Waals surface area contributed by atoms with Crippen molar-refractivity contribution < 1.29 is 9.90 Å². The van der Waals surface area contributed by atoms with Crippen molar-refractivity contribution in [3.05, 3.63) is 18.0 Å². The average Bonchev–Trinajstić information content (AvgIpc) is 3.06. The first-order valence-corrected chi connectivity index (χ1v) is 7.65. The molecule has 1 amide bonds. The summed E-state index contributed by atoms with van der Waals surface area (Å²) < 4.78 is 1.64. The summed E-state index contributed by atoms with van der Waals surface area (Å²) in [5.41, 5.74) is 0.643. The van der Waals surface area contributed by atoms with Gasteiger partial charge in [0, 0.05) is 31.7 Å². The quantitative estimate of drug-likeness (QED) is 0.893. The van der Waals surface area contributed by atoms with Crippen LogP contribution in [0.25, 0.3) is 0 Å². The third-order valence-electron chi connectivity index (χ3n) is 4.88. The number of aliphatic hydroxyl groups is 1. The number of aryl methyl sites for hydroxylation is 1. The van der Waals surface area contributed by atoms with E-state index < -0.39 is 0 Å². The lowest BCUT2D eigenvalue weighted by Gasteiger charge is -2.40. The highest BCUT2D eigenvalue weighted by molar-refractivity contribution is 5.92. The lowest BCUT2D eigenvalue weighted by atomic mass is 9.87. The van der Waals surface area contributed by atoms with Gasteiger partial charge in [-0.05, 0) is 38.2 Å². The number of aromatic nitrogens is 2. The predicted molar refractivity (Wildman–Crippen MR) is 75.2 cm³/mol. The Morgan fingerprint density at radius 3 is 2.80 bits per heavy atom. The number of nitrogens with zero attached hydrogens (tertiary/aromatic N) is 3. The molecule has 1 aliphatic carbocycles. The Morgan fingerprint density at radius 2 is 2.15 bits per heavy atom. The molecule has 2 fully saturated rings. The van der Waals surface area contributed by atoms with Crippen LogP contribution in [0.3, 0.4) is 0 Å². The standard InChI is InChI=1S/C15H23N3O2/c1-17-13(8-9-16-17)15(20)18-10-3-2-6-12(18)11-5-4-7-14(11)19/h8-9,11-12,14,19H,2-7,10H2,1H3. The maximum absolute atomic E-state index is 12.7. The zero-order chi connectivity index (χ0) is 14.1. The number of amides is 1. The molecule has 2 heterocycles. The van der Waals surface area contributed by atoms with Crippen LogP contribution in [-0.4, -0.2) is 44.4 Å². The second kappa shape index (κ2) is 5.56. The number of hydrogen-bond donors (Lipinski definition) is 1. The van der Waals surface area contributed by atoms with E-state index in [4.69, 9.17) is 0 Å². The van der Waals surface area contributed by atoms with E-state index in [1.165, 1.54) is 0 Å². The topological polar surface area (TPSA) is 58.4 Å². The Hall–Kier alpha value is -1.36. The van der Waals surface area contributed by atoms with Crippen LogP contribution in [0.4, 0.5) is 0 Å². The monoisotopic (exact) mass is 277 g/mol. The zero-order valence-corrected chi connectivity index (χ0v) is 12.0. The minimum Gasteiger partial charge on any atom is -0.393 e. The van der Waals surface area contributed by atoms with Gasteiger partial charge in [-0.3, -0.25) is 9.48 Å². The van der Waals surface area contributed by atoms with E-state index in [0.717, 1.165) is 45.1 Å². The van der Waals surface area contributed by atoms with Gasteiger partial charge in [-0.25, -0.2) is 0 Å². The van der Waals surface area contributed by atoms with E-state index >= 15 is 0 Å². The number of hydrogen-bond acceptors (Lipinski definition) is 3. The summed E-state index contributed by atoms with van der Waals surface area (Å²) in [5.74, 6) is 0.321. The van der Waals surface area contributed by atoms with Gasteiger partial charge in [0.1, 0.15) is 5.69 Å². The molecule has 3 atom stereocenters. The fourth-order valence-corrected chi connectivity index (χ4v) is 3.80. The van der Waals surface area contributed by atoms with Gasteiger partial charge < -0.3 is 10.0 Å². The summed E-state index contributed by atoms with van der Waals surface area (Å²) in [4.78, 5) is 14.7. The lowest BCUT2D eigenvalue weighted by Crippen LogP contribution is -2.49. The molecule has 0 radical (unpaired) electrons. The number of rotatable bonds is 2. The Morgan fingerprint density at radius 1 is 1.30 bits per heavy atom. The van der Waals surface area contributed by atoms with Gasteiger partial charge in [-0.2, -0.15) is 5.10 Å². The minimum absolute atomic E-state index is 0.0637. The maximum atomic E-state index is 12.7. The molecule has 1 aliphatic heterocycles. The van der Waals surface area contributed by atoms with E-state index in [1.54, 1.807) is 24.0 Å². The molecule has 1 aromatic heterocycles. The third-order valence-corrected chi connectivity index (χ3v) is 4.88. The van der Waals surface area contributed by atoms with E-state index in [9.17, 15) is 9.90 Å².